The third-order valence-corrected chi connectivity index (χ3v) is 11.6. The van der Waals surface area contributed by atoms with E-state index < -0.39 is 14.1 Å². The van der Waals surface area contributed by atoms with Crippen molar-refractivity contribution in [2.75, 3.05) is 0 Å². The molecule has 0 N–H and O–H groups in total. The average molecular weight is 423 g/mol. The minimum Gasteiger partial charge on any atom is -0.402 e. The molecule has 1 saturated heterocycles. The molecule has 4 rings (SSSR count). The van der Waals surface area contributed by atoms with Gasteiger partial charge in [-0.25, -0.2) is 0 Å². The molecule has 3 nitrogen and oxygen atoms in total. The molecular weight excluding hydrogens is 388 g/mol. The van der Waals surface area contributed by atoms with Gasteiger partial charge in [-0.3, -0.25) is 0 Å². The Hall–Kier alpha value is -1.72. The Kier molecular flexibility index (Phi) is 5.56. The summed E-state index contributed by atoms with van der Waals surface area (Å²) in [7, 11) is -2.63. The van der Waals surface area contributed by atoms with Gasteiger partial charge in [0.15, 0.2) is 5.79 Å². The first-order valence-electron chi connectivity index (χ1n) is 10.9. The van der Waals surface area contributed by atoms with Crippen LogP contribution in [0.3, 0.4) is 0 Å². The molecule has 160 valence electrons. The van der Waals surface area contributed by atoms with E-state index in [0.717, 1.165) is 6.42 Å². The van der Waals surface area contributed by atoms with E-state index in [1.165, 1.54) is 10.4 Å². The summed E-state index contributed by atoms with van der Waals surface area (Å²) in [6, 6.07) is 21.6. The van der Waals surface area contributed by atoms with Gasteiger partial charge >= 0.3 is 0 Å². The Morgan fingerprint density at radius 1 is 0.933 bits per heavy atom. The van der Waals surface area contributed by atoms with Crippen molar-refractivity contribution in [3.8, 4) is 0 Å². The molecular formula is C26H34O3Si. The van der Waals surface area contributed by atoms with Crippen molar-refractivity contribution in [1.29, 1.82) is 0 Å². The van der Waals surface area contributed by atoms with Gasteiger partial charge in [0.25, 0.3) is 8.32 Å². The fourth-order valence-electron chi connectivity index (χ4n) is 5.24. The van der Waals surface area contributed by atoms with Gasteiger partial charge in [0.1, 0.15) is 6.10 Å². The highest BCUT2D eigenvalue weighted by Crippen LogP contribution is 2.46. The Balaban J connectivity index is 1.82. The molecule has 0 amide bonds. The number of hydrogen-bond acceptors (Lipinski definition) is 3. The van der Waals surface area contributed by atoms with Crippen LogP contribution in [0.2, 0.25) is 5.04 Å². The van der Waals surface area contributed by atoms with Gasteiger partial charge in [0.05, 0.1) is 12.2 Å². The van der Waals surface area contributed by atoms with Crippen LogP contribution in [-0.2, 0) is 13.9 Å². The fourth-order valence-corrected chi connectivity index (χ4v) is 9.94. The van der Waals surface area contributed by atoms with E-state index in [4.69, 9.17) is 13.9 Å². The maximum Gasteiger partial charge on any atom is 0.261 e. The summed E-state index contributed by atoms with van der Waals surface area (Å²) in [6.07, 6.45) is 2.77. The van der Waals surface area contributed by atoms with Crippen molar-refractivity contribution < 1.29 is 13.9 Å². The highest BCUT2D eigenvalue weighted by atomic mass is 28.4. The highest BCUT2D eigenvalue weighted by molar-refractivity contribution is 6.99. The molecule has 4 atom stereocenters. The quantitative estimate of drug-likeness (QED) is 0.518. The van der Waals surface area contributed by atoms with Crippen molar-refractivity contribution in [3.05, 3.63) is 73.3 Å². The number of fused-ring (bicyclic) bond motifs is 1. The van der Waals surface area contributed by atoms with Crippen molar-refractivity contribution in [2.45, 2.75) is 70.2 Å². The first-order valence-corrected chi connectivity index (χ1v) is 12.9. The van der Waals surface area contributed by atoms with Gasteiger partial charge in [-0.15, -0.1) is 6.58 Å². The predicted molar refractivity (Wildman–Crippen MR) is 125 cm³/mol. The molecule has 0 radical (unpaired) electrons. The molecule has 0 spiro atoms. The highest BCUT2D eigenvalue weighted by Gasteiger charge is 2.58. The smallest absolute Gasteiger partial charge is 0.261 e. The second-order valence-electron chi connectivity index (χ2n) is 10.0. The van der Waals surface area contributed by atoms with Gasteiger partial charge in [0.2, 0.25) is 0 Å². The Morgan fingerprint density at radius 2 is 1.43 bits per heavy atom. The van der Waals surface area contributed by atoms with Crippen LogP contribution in [0.1, 0.15) is 41.0 Å². The van der Waals surface area contributed by atoms with Crippen LogP contribution in [0.25, 0.3) is 0 Å². The maximum absolute atomic E-state index is 7.36. The predicted octanol–water partition coefficient (Wildman–Crippen LogP) is 4.66. The van der Waals surface area contributed by atoms with Gasteiger partial charge in [-0.1, -0.05) is 87.5 Å². The van der Waals surface area contributed by atoms with E-state index in [2.05, 4.69) is 88.0 Å². The van der Waals surface area contributed by atoms with Crippen LogP contribution < -0.4 is 10.4 Å². The number of benzene rings is 2. The Bertz CT molecular complexity index is 833. The van der Waals surface area contributed by atoms with E-state index in [0.29, 0.717) is 0 Å². The summed E-state index contributed by atoms with van der Waals surface area (Å²) in [5.41, 5.74) is 0. The van der Waals surface area contributed by atoms with Crippen LogP contribution in [0.4, 0.5) is 0 Å². The average Bonchev–Trinajstić information content (AvgIpc) is 3.19. The van der Waals surface area contributed by atoms with E-state index in [9.17, 15) is 0 Å². The van der Waals surface area contributed by atoms with Gasteiger partial charge < -0.3 is 13.9 Å². The molecule has 2 aliphatic rings. The molecule has 2 aromatic rings. The summed E-state index contributed by atoms with van der Waals surface area (Å²) >= 11 is 0. The normalized spacial score (nSPS) is 28.3. The van der Waals surface area contributed by atoms with Gasteiger partial charge in [-0.2, -0.15) is 0 Å². The number of hydrogen-bond donors (Lipinski definition) is 0. The standard InChI is InChI=1S/C26H34O3Si/c1-7-19-18-22(24-23(19)27-26(5,6)28-24)29-30(25(2,3)4,20-14-10-8-11-15-20)21-16-12-9-13-17-21/h7-17,19,22-24H,1,18H2,2-6H3/t19-,22+,23+,24-/m0/s1. The van der Waals surface area contributed by atoms with E-state index in [1.807, 2.05) is 19.9 Å². The topological polar surface area (TPSA) is 27.7 Å². The molecule has 1 heterocycles. The molecule has 2 fully saturated rings. The molecule has 0 aromatic heterocycles. The molecule has 0 bridgehead atoms. The first-order chi connectivity index (χ1) is 14.2. The van der Waals surface area contributed by atoms with Crippen LogP contribution >= 0.6 is 0 Å². The summed E-state index contributed by atoms with van der Waals surface area (Å²) in [4.78, 5) is 0. The Labute approximate surface area is 182 Å². The van der Waals surface area contributed by atoms with E-state index in [1.54, 1.807) is 0 Å². The summed E-state index contributed by atoms with van der Waals surface area (Å²) < 4.78 is 20.0. The van der Waals surface area contributed by atoms with Gasteiger partial charge in [-0.05, 0) is 35.7 Å². The summed E-state index contributed by atoms with van der Waals surface area (Å²) in [5, 5.41) is 2.52. The largest absolute Gasteiger partial charge is 0.402 e. The number of ether oxygens (including phenoxy) is 2. The molecule has 0 unspecified atom stereocenters. The molecule has 1 aliphatic heterocycles. The lowest BCUT2D eigenvalue weighted by molar-refractivity contribution is -0.163. The van der Waals surface area contributed by atoms with Crippen LogP contribution in [0, 0.1) is 5.92 Å². The molecule has 2 aromatic carbocycles. The summed E-state index contributed by atoms with van der Waals surface area (Å²) in [6.45, 7) is 15.0. The van der Waals surface area contributed by atoms with Crippen molar-refractivity contribution in [1.82, 2.24) is 0 Å². The minimum absolute atomic E-state index is 0.000662. The van der Waals surface area contributed by atoms with Crippen LogP contribution in [-0.4, -0.2) is 32.4 Å². The lowest BCUT2D eigenvalue weighted by Crippen LogP contribution is -2.68. The summed E-state index contributed by atoms with van der Waals surface area (Å²) in [5.74, 6) is -0.357. The zero-order valence-corrected chi connectivity index (χ0v) is 19.8. The van der Waals surface area contributed by atoms with Crippen molar-refractivity contribution >= 4 is 18.7 Å². The van der Waals surface area contributed by atoms with Crippen LogP contribution in [0.5, 0.6) is 0 Å². The van der Waals surface area contributed by atoms with Crippen molar-refractivity contribution in [3.63, 3.8) is 0 Å². The third-order valence-electron chi connectivity index (χ3n) is 6.50. The van der Waals surface area contributed by atoms with E-state index in [-0.39, 0.29) is 29.3 Å². The first kappa shape index (κ1) is 21.5. The zero-order valence-electron chi connectivity index (χ0n) is 18.8. The molecule has 4 heteroatoms. The third kappa shape index (κ3) is 3.60. The lowest BCUT2D eigenvalue weighted by Gasteiger charge is -2.45. The van der Waals surface area contributed by atoms with E-state index >= 15 is 0 Å². The fraction of sp³-hybridized carbons (Fsp3) is 0.462. The maximum atomic E-state index is 7.36. The monoisotopic (exact) mass is 422 g/mol. The zero-order chi connectivity index (χ0) is 21.6. The SMILES string of the molecule is C=C[C@H]1C[C@@H](O[Si](c2ccccc2)(c2ccccc2)C(C)(C)C)[C@@H]2OC(C)(C)O[C@@H]21. The molecule has 30 heavy (non-hydrogen) atoms. The second kappa shape index (κ2) is 7.76. The second-order valence-corrected chi connectivity index (χ2v) is 14.3. The molecule has 1 aliphatic carbocycles. The van der Waals surface area contributed by atoms with Gasteiger partial charge in [0, 0.05) is 5.92 Å². The number of rotatable bonds is 5. The Morgan fingerprint density at radius 3 is 1.90 bits per heavy atom. The minimum atomic E-state index is -2.63. The lowest BCUT2D eigenvalue weighted by atomic mass is 10.1. The molecule has 1 saturated carbocycles. The van der Waals surface area contributed by atoms with Crippen molar-refractivity contribution in [2.24, 2.45) is 5.92 Å². The van der Waals surface area contributed by atoms with Crippen LogP contribution in [0.15, 0.2) is 73.3 Å².